The minimum absolute atomic E-state index is 0.0854. The third-order valence-electron chi connectivity index (χ3n) is 5.27. The van der Waals surface area contributed by atoms with E-state index in [4.69, 9.17) is 0 Å². The van der Waals surface area contributed by atoms with Gasteiger partial charge in [0.2, 0.25) is 0 Å². The monoisotopic (exact) mass is 311 g/mol. The molecule has 0 aliphatic heterocycles. The molecule has 2 aromatic rings. The second-order valence-electron chi connectivity index (χ2n) is 7.12. The number of carbonyl (C=O) groups is 1. The van der Waals surface area contributed by atoms with Gasteiger partial charge in [0.05, 0.1) is 0 Å². The number of nitrogens with zero attached hydrogens (tertiary/aromatic N) is 1. The Hall–Kier alpha value is -2.36. The average molecular weight is 311 g/mol. The Balaban J connectivity index is 2.06. The lowest BCUT2D eigenvalue weighted by atomic mass is 9.87. The van der Waals surface area contributed by atoms with E-state index in [2.05, 4.69) is 26.0 Å². The van der Waals surface area contributed by atoms with Crippen LogP contribution in [-0.4, -0.2) is 15.6 Å². The van der Waals surface area contributed by atoms with Crippen molar-refractivity contribution in [3.8, 4) is 0 Å². The zero-order valence-electron chi connectivity index (χ0n) is 13.7. The third-order valence-corrected chi connectivity index (χ3v) is 5.27. The summed E-state index contributed by atoms with van der Waals surface area (Å²) in [6.07, 6.45) is 2.69. The maximum atomic E-state index is 12.6. The topological polar surface area (TPSA) is 59.3 Å². The fourth-order valence-corrected chi connectivity index (χ4v) is 3.66. The van der Waals surface area contributed by atoms with E-state index >= 15 is 0 Å². The zero-order chi connectivity index (χ0) is 16.8. The van der Waals surface area contributed by atoms with E-state index in [1.165, 1.54) is 5.56 Å². The van der Waals surface area contributed by atoms with Crippen molar-refractivity contribution in [1.82, 2.24) is 4.57 Å². The Kier molecular flexibility index (Phi) is 3.43. The number of hydrogen-bond donors (Lipinski definition) is 1. The lowest BCUT2D eigenvalue weighted by Crippen LogP contribution is -2.32. The van der Waals surface area contributed by atoms with Gasteiger partial charge in [-0.1, -0.05) is 44.2 Å². The molecule has 1 heterocycles. The fraction of sp³-hybridized carbons (Fsp3) is 0.368. The van der Waals surface area contributed by atoms with Crippen molar-refractivity contribution < 1.29 is 9.90 Å². The SMILES string of the molecule is Cc1ccn(CC2(c3ccccc3)CC2(C)C)c(=O)c1C(=O)O. The van der Waals surface area contributed by atoms with E-state index < -0.39 is 11.5 Å². The number of benzene rings is 1. The van der Waals surface area contributed by atoms with Crippen molar-refractivity contribution in [1.29, 1.82) is 0 Å². The Morgan fingerprint density at radius 2 is 1.83 bits per heavy atom. The van der Waals surface area contributed by atoms with Gasteiger partial charge in [-0.2, -0.15) is 0 Å². The van der Waals surface area contributed by atoms with Crippen LogP contribution >= 0.6 is 0 Å². The van der Waals surface area contributed by atoms with Crippen LogP contribution < -0.4 is 5.56 Å². The molecule has 0 bridgehead atoms. The normalized spacial score (nSPS) is 21.9. The van der Waals surface area contributed by atoms with Gasteiger partial charge >= 0.3 is 5.97 Å². The standard InChI is InChI=1S/C19H21NO3/c1-13-9-10-20(16(21)15(13)17(22)23)12-19(11-18(19,2)3)14-7-5-4-6-8-14/h4-10H,11-12H2,1-3H3,(H,22,23). The van der Waals surface area contributed by atoms with Gasteiger partial charge < -0.3 is 9.67 Å². The molecule has 1 aliphatic carbocycles. The van der Waals surface area contributed by atoms with Crippen LogP contribution in [0.5, 0.6) is 0 Å². The first-order chi connectivity index (χ1) is 10.8. The fourth-order valence-electron chi connectivity index (χ4n) is 3.66. The van der Waals surface area contributed by atoms with Crippen molar-refractivity contribution in [2.75, 3.05) is 0 Å². The number of carboxylic acids is 1. The van der Waals surface area contributed by atoms with Gasteiger partial charge in [0, 0.05) is 18.2 Å². The molecule has 0 amide bonds. The highest BCUT2D eigenvalue weighted by Crippen LogP contribution is 2.65. The van der Waals surface area contributed by atoms with Gasteiger partial charge in [-0.25, -0.2) is 4.79 Å². The molecule has 1 atom stereocenters. The van der Waals surface area contributed by atoms with Gasteiger partial charge in [-0.3, -0.25) is 4.79 Å². The first-order valence-electron chi connectivity index (χ1n) is 7.77. The molecule has 0 saturated heterocycles. The summed E-state index contributed by atoms with van der Waals surface area (Å²) in [5.41, 5.74) is 1.12. The lowest BCUT2D eigenvalue weighted by molar-refractivity contribution is 0.0693. The molecule has 1 saturated carbocycles. The van der Waals surface area contributed by atoms with Crippen molar-refractivity contribution >= 4 is 5.97 Å². The molecule has 120 valence electrons. The number of aromatic nitrogens is 1. The minimum Gasteiger partial charge on any atom is -0.477 e. The summed E-state index contributed by atoms with van der Waals surface area (Å²) in [5, 5.41) is 9.29. The molecule has 4 heteroatoms. The quantitative estimate of drug-likeness (QED) is 0.943. The minimum atomic E-state index is -1.16. The molecule has 23 heavy (non-hydrogen) atoms. The molecule has 1 aromatic carbocycles. The largest absolute Gasteiger partial charge is 0.477 e. The number of rotatable bonds is 4. The average Bonchev–Trinajstić information content (AvgIpc) is 3.05. The number of pyridine rings is 1. The van der Waals surface area contributed by atoms with Crippen molar-refractivity contribution in [2.24, 2.45) is 5.41 Å². The maximum Gasteiger partial charge on any atom is 0.341 e. The summed E-state index contributed by atoms with van der Waals surface area (Å²) < 4.78 is 1.55. The molecule has 0 spiro atoms. The summed E-state index contributed by atoms with van der Waals surface area (Å²) in [6, 6.07) is 11.9. The van der Waals surface area contributed by atoms with Crippen LogP contribution in [0.25, 0.3) is 0 Å². The maximum absolute atomic E-state index is 12.6. The predicted molar refractivity (Wildman–Crippen MR) is 88.9 cm³/mol. The second kappa shape index (κ2) is 5.08. The van der Waals surface area contributed by atoms with Gasteiger partial charge in [0.15, 0.2) is 0 Å². The smallest absolute Gasteiger partial charge is 0.341 e. The number of aryl methyl sites for hydroxylation is 1. The molecule has 1 aliphatic rings. The molecular formula is C19H21NO3. The summed E-state index contributed by atoms with van der Waals surface area (Å²) in [4.78, 5) is 23.9. The molecule has 4 nitrogen and oxygen atoms in total. The van der Waals surface area contributed by atoms with Crippen molar-refractivity contribution in [3.05, 3.63) is 69.6 Å². The summed E-state index contributed by atoms with van der Waals surface area (Å²) >= 11 is 0. The molecule has 3 rings (SSSR count). The molecule has 1 aromatic heterocycles. The zero-order valence-corrected chi connectivity index (χ0v) is 13.7. The van der Waals surface area contributed by atoms with E-state index in [1.807, 2.05) is 18.2 Å². The lowest BCUT2D eigenvalue weighted by Gasteiger charge is -2.23. The summed E-state index contributed by atoms with van der Waals surface area (Å²) in [7, 11) is 0. The van der Waals surface area contributed by atoms with E-state index in [-0.39, 0.29) is 16.4 Å². The second-order valence-corrected chi connectivity index (χ2v) is 7.12. The van der Waals surface area contributed by atoms with E-state index in [0.29, 0.717) is 12.1 Å². The highest BCUT2D eigenvalue weighted by molar-refractivity contribution is 5.88. The Morgan fingerprint density at radius 3 is 2.35 bits per heavy atom. The van der Waals surface area contributed by atoms with Crippen molar-refractivity contribution in [3.63, 3.8) is 0 Å². The van der Waals surface area contributed by atoms with Gasteiger partial charge in [-0.05, 0) is 36.0 Å². The van der Waals surface area contributed by atoms with Crippen molar-refractivity contribution in [2.45, 2.75) is 39.2 Å². The van der Waals surface area contributed by atoms with Crippen LogP contribution in [0.2, 0.25) is 0 Å². The van der Waals surface area contributed by atoms with E-state index in [9.17, 15) is 14.7 Å². The molecule has 1 unspecified atom stereocenters. The van der Waals surface area contributed by atoms with Crippen LogP contribution in [0.15, 0.2) is 47.4 Å². The molecule has 1 fully saturated rings. The van der Waals surface area contributed by atoms with Gasteiger partial charge in [0.25, 0.3) is 5.56 Å². The van der Waals surface area contributed by atoms with Crippen LogP contribution in [0.1, 0.15) is 41.8 Å². The van der Waals surface area contributed by atoms with Gasteiger partial charge in [-0.15, -0.1) is 0 Å². The van der Waals surface area contributed by atoms with Crippen LogP contribution in [0.3, 0.4) is 0 Å². The highest BCUT2D eigenvalue weighted by Gasteiger charge is 2.61. The van der Waals surface area contributed by atoms with Crippen LogP contribution in [0.4, 0.5) is 0 Å². The Bertz CT molecular complexity index is 820. The molecule has 0 radical (unpaired) electrons. The van der Waals surface area contributed by atoms with Crippen LogP contribution in [0, 0.1) is 12.3 Å². The summed E-state index contributed by atoms with van der Waals surface area (Å²) in [6.45, 7) is 6.54. The number of carboxylic acid groups (broad SMARTS) is 1. The Morgan fingerprint density at radius 1 is 1.22 bits per heavy atom. The highest BCUT2D eigenvalue weighted by atomic mass is 16.4. The number of hydrogen-bond acceptors (Lipinski definition) is 2. The van der Waals surface area contributed by atoms with Gasteiger partial charge in [0.1, 0.15) is 5.56 Å². The van der Waals surface area contributed by atoms with Crippen LogP contribution in [-0.2, 0) is 12.0 Å². The molecule has 1 N–H and O–H groups in total. The Labute approximate surface area is 135 Å². The molecular weight excluding hydrogens is 290 g/mol. The predicted octanol–water partition coefficient (Wildman–Crippen LogP) is 3.22. The van der Waals surface area contributed by atoms with E-state index in [1.54, 1.807) is 23.8 Å². The summed E-state index contributed by atoms with van der Waals surface area (Å²) in [5.74, 6) is -1.16. The number of aromatic carboxylic acids is 1. The first-order valence-corrected chi connectivity index (χ1v) is 7.77. The van der Waals surface area contributed by atoms with E-state index in [0.717, 1.165) is 6.42 Å². The first kappa shape index (κ1) is 15.5. The third kappa shape index (κ3) is 2.38.